The topological polar surface area (TPSA) is 82.1 Å². The Morgan fingerprint density at radius 1 is 1.25 bits per heavy atom. The summed E-state index contributed by atoms with van der Waals surface area (Å²) in [7, 11) is 1.94. The quantitative estimate of drug-likeness (QED) is 0.844. The molecule has 130 valence electrons. The minimum atomic E-state index is -0.0593. The molecule has 2 fully saturated rings. The minimum Gasteiger partial charge on any atom is -0.368 e. The fourth-order valence-electron chi connectivity index (χ4n) is 3.63. The van der Waals surface area contributed by atoms with Gasteiger partial charge in [-0.3, -0.25) is 4.90 Å². The van der Waals surface area contributed by atoms with Crippen LogP contribution in [0.15, 0.2) is 10.9 Å². The number of hydrogen-bond acceptors (Lipinski definition) is 7. The van der Waals surface area contributed by atoms with Crippen LogP contribution in [0.2, 0.25) is 0 Å². The van der Waals surface area contributed by atoms with E-state index in [1.54, 1.807) is 6.33 Å². The smallest absolute Gasteiger partial charge is 0.229 e. The third-order valence-electron chi connectivity index (χ3n) is 4.99. The summed E-state index contributed by atoms with van der Waals surface area (Å²) < 4.78 is 13.3. The average molecular weight is 332 g/mol. The molecular weight excluding hydrogens is 308 g/mol. The Balaban J connectivity index is 1.38. The molecular formula is C16H24N6O2. The van der Waals surface area contributed by atoms with Gasteiger partial charge in [0, 0.05) is 26.1 Å². The molecule has 0 N–H and O–H groups in total. The summed E-state index contributed by atoms with van der Waals surface area (Å²) in [5.74, 6) is 2.91. The first-order valence-corrected chi connectivity index (χ1v) is 8.80. The van der Waals surface area contributed by atoms with Crippen LogP contribution < -0.4 is 0 Å². The predicted molar refractivity (Wildman–Crippen MR) is 85.1 cm³/mol. The Kier molecular flexibility index (Phi) is 4.57. The zero-order valence-electron chi connectivity index (χ0n) is 14.1. The molecule has 1 saturated carbocycles. The maximum Gasteiger partial charge on any atom is 0.229 e. The highest BCUT2D eigenvalue weighted by molar-refractivity contribution is 4.97. The van der Waals surface area contributed by atoms with Gasteiger partial charge in [0.05, 0.1) is 13.2 Å². The number of rotatable bonds is 4. The van der Waals surface area contributed by atoms with Crippen LogP contribution in [0.25, 0.3) is 0 Å². The maximum absolute atomic E-state index is 5.84. The number of aromatic nitrogens is 5. The van der Waals surface area contributed by atoms with Crippen molar-refractivity contribution < 1.29 is 9.26 Å². The predicted octanol–water partition coefficient (Wildman–Crippen LogP) is 1.82. The van der Waals surface area contributed by atoms with E-state index in [1.165, 1.54) is 32.1 Å². The summed E-state index contributed by atoms with van der Waals surface area (Å²) >= 11 is 0. The van der Waals surface area contributed by atoms with E-state index in [0.29, 0.717) is 19.1 Å². The molecule has 1 atom stereocenters. The van der Waals surface area contributed by atoms with E-state index in [0.717, 1.165) is 30.6 Å². The first-order chi connectivity index (χ1) is 11.8. The lowest BCUT2D eigenvalue weighted by atomic mass is 9.89. The van der Waals surface area contributed by atoms with Crippen molar-refractivity contribution in [2.75, 3.05) is 19.7 Å². The van der Waals surface area contributed by atoms with Crippen molar-refractivity contribution in [3.8, 4) is 0 Å². The SMILES string of the molecule is Cn1cnnc1[C@@H]1CN(Cc2noc(C3CCCCC3)n2)CCO1. The molecule has 8 heteroatoms. The lowest BCUT2D eigenvalue weighted by Gasteiger charge is -2.31. The molecule has 0 spiro atoms. The van der Waals surface area contributed by atoms with Gasteiger partial charge in [-0.1, -0.05) is 24.4 Å². The van der Waals surface area contributed by atoms with Gasteiger partial charge in [0.2, 0.25) is 5.89 Å². The first-order valence-electron chi connectivity index (χ1n) is 8.80. The zero-order valence-corrected chi connectivity index (χ0v) is 14.1. The van der Waals surface area contributed by atoms with Crippen LogP contribution in [0, 0.1) is 0 Å². The van der Waals surface area contributed by atoms with Gasteiger partial charge in [0.25, 0.3) is 0 Å². The summed E-state index contributed by atoms with van der Waals surface area (Å²) in [6.45, 7) is 2.99. The third-order valence-corrected chi connectivity index (χ3v) is 4.99. The van der Waals surface area contributed by atoms with Crippen LogP contribution in [-0.2, 0) is 18.3 Å². The van der Waals surface area contributed by atoms with E-state index in [-0.39, 0.29) is 6.10 Å². The zero-order chi connectivity index (χ0) is 16.4. The van der Waals surface area contributed by atoms with Crippen molar-refractivity contribution in [2.45, 2.75) is 50.7 Å². The molecule has 4 rings (SSSR count). The van der Waals surface area contributed by atoms with Gasteiger partial charge in [-0.25, -0.2) is 0 Å². The molecule has 1 saturated heterocycles. The highest BCUT2D eigenvalue weighted by atomic mass is 16.5. The van der Waals surface area contributed by atoms with Gasteiger partial charge in [-0.05, 0) is 12.8 Å². The minimum absolute atomic E-state index is 0.0593. The molecule has 8 nitrogen and oxygen atoms in total. The molecule has 2 aromatic rings. The monoisotopic (exact) mass is 332 g/mol. The fraction of sp³-hybridized carbons (Fsp3) is 0.750. The second-order valence-corrected chi connectivity index (χ2v) is 6.78. The Labute approximate surface area is 141 Å². The van der Waals surface area contributed by atoms with Crippen LogP contribution in [0.3, 0.4) is 0 Å². The largest absolute Gasteiger partial charge is 0.368 e. The Hall–Kier alpha value is -1.80. The van der Waals surface area contributed by atoms with E-state index in [2.05, 4.69) is 25.2 Å². The number of nitrogens with zero attached hydrogens (tertiary/aromatic N) is 6. The average Bonchev–Trinajstić information content (AvgIpc) is 3.25. The Morgan fingerprint density at radius 2 is 2.12 bits per heavy atom. The number of aryl methyl sites for hydroxylation is 1. The van der Waals surface area contributed by atoms with E-state index in [9.17, 15) is 0 Å². The molecule has 0 amide bonds. The second kappa shape index (κ2) is 6.98. The second-order valence-electron chi connectivity index (χ2n) is 6.78. The van der Waals surface area contributed by atoms with Gasteiger partial charge in [-0.2, -0.15) is 4.98 Å². The summed E-state index contributed by atoms with van der Waals surface area (Å²) in [6, 6.07) is 0. The Bertz CT molecular complexity index is 663. The first kappa shape index (κ1) is 15.7. The van der Waals surface area contributed by atoms with Crippen LogP contribution in [-0.4, -0.2) is 49.5 Å². The van der Waals surface area contributed by atoms with Crippen molar-refractivity contribution in [3.05, 3.63) is 23.9 Å². The molecule has 1 aliphatic carbocycles. The molecule has 0 unspecified atom stereocenters. The van der Waals surface area contributed by atoms with Crippen LogP contribution >= 0.6 is 0 Å². The van der Waals surface area contributed by atoms with Gasteiger partial charge < -0.3 is 13.8 Å². The van der Waals surface area contributed by atoms with Crippen molar-refractivity contribution in [3.63, 3.8) is 0 Å². The fourth-order valence-corrected chi connectivity index (χ4v) is 3.63. The van der Waals surface area contributed by atoms with Crippen molar-refractivity contribution in [1.82, 2.24) is 29.8 Å². The molecule has 0 aromatic carbocycles. The highest BCUT2D eigenvalue weighted by Gasteiger charge is 2.27. The number of morpholine rings is 1. The van der Waals surface area contributed by atoms with E-state index in [1.807, 2.05) is 11.6 Å². The Morgan fingerprint density at radius 3 is 2.92 bits per heavy atom. The summed E-state index contributed by atoms with van der Waals surface area (Å²) in [6.07, 6.45) is 7.86. The molecule has 24 heavy (non-hydrogen) atoms. The van der Waals surface area contributed by atoms with Gasteiger partial charge in [0.1, 0.15) is 12.4 Å². The lowest BCUT2D eigenvalue weighted by molar-refractivity contribution is -0.0394. The van der Waals surface area contributed by atoms with Crippen molar-refractivity contribution in [2.24, 2.45) is 7.05 Å². The molecule has 0 radical (unpaired) electrons. The van der Waals surface area contributed by atoms with E-state index >= 15 is 0 Å². The van der Waals surface area contributed by atoms with Crippen molar-refractivity contribution in [1.29, 1.82) is 0 Å². The lowest BCUT2D eigenvalue weighted by Crippen LogP contribution is -2.38. The van der Waals surface area contributed by atoms with Gasteiger partial charge >= 0.3 is 0 Å². The molecule has 1 aliphatic heterocycles. The van der Waals surface area contributed by atoms with Crippen LogP contribution in [0.1, 0.15) is 61.7 Å². The van der Waals surface area contributed by atoms with Gasteiger partial charge in [-0.15, -0.1) is 10.2 Å². The highest BCUT2D eigenvalue weighted by Crippen LogP contribution is 2.31. The van der Waals surface area contributed by atoms with Crippen molar-refractivity contribution >= 4 is 0 Å². The van der Waals surface area contributed by atoms with E-state index < -0.39 is 0 Å². The van der Waals surface area contributed by atoms with Gasteiger partial charge in [0.15, 0.2) is 11.6 Å². The number of hydrogen-bond donors (Lipinski definition) is 0. The molecule has 0 bridgehead atoms. The summed E-state index contributed by atoms with van der Waals surface area (Å²) in [4.78, 5) is 6.93. The molecule has 2 aromatic heterocycles. The maximum atomic E-state index is 5.84. The summed E-state index contributed by atoms with van der Waals surface area (Å²) in [5.41, 5.74) is 0. The van der Waals surface area contributed by atoms with Crippen LogP contribution in [0.4, 0.5) is 0 Å². The van der Waals surface area contributed by atoms with Crippen LogP contribution in [0.5, 0.6) is 0 Å². The summed E-state index contributed by atoms with van der Waals surface area (Å²) in [5, 5.41) is 12.3. The number of ether oxygens (including phenoxy) is 1. The van der Waals surface area contributed by atoms with E-state index in [4.69, 9.17) is 9.26 Å². The third kappa shape index (κ3) is 3.34. The molecule has 3 heterocycles. The standard InChI is InChI=1S/C16H24N6O2/c1-21-11-17-19-15(21)13-9-22(7-8-23-13)10-14-18-16(24-20-14)12-5-3-2-4-6-12/h11-13H,2-10H2,1H3/t13-/m0/s1. The molecule has 2 aliphatic rings. The normalized spacial score (nSPS) is 23.6.